The van der Waals surface area contributed by atoms with Crippen LogP contribution in [0, 0.1) is 20.8 Å². The fourth-order valence-electron chi connectivity index (χ4n) is 4.67. The van der Waals surface area contributed by atoms with Gasteiger partial charge < -0.3 is 14.2 Å². The van der Waals surface area contributed by atoms with Gasteiger partial charge in [-0.2, -0.15) is 0 Å². The second-order valence-corrected chi connectivity index (χ2v) is 8.09. The molecule has 4 rings (SSSR count). The SMILES string of the molecule is CCN1CCC[C@@H]1CNC(=O)Cc1c(C)c2c(cc(C)c3c(C)coc32)oc1=O. The molecule has 0 spiro atoms. The molecule has 1 aliphatic rings. The molecule has 1 aliphatic heterocycles. The zero-order chi connectivity index (χ0) is 20.7. The number of furan rings is 1. The van der Waals surface area contributed by atoms with Gasteiger partial charge in [0.25, 0.3) is 0 Å². The molecule has 0 bridgehead atoms. The first-order chi connectivity index (χ1) is 13.9. The number of benzene rings is 1. The van der Waals surface area contributed by atoms with E-state index in [1.54, 1.807) is 6.26 Å². The molecular formula is C23H28N2O4. The fraction of sp³-hybridized carbons (Fsp3) is 0.478. The Morgan fingerprint density at radius 2 is 2.03 bits per heavy atom. The van der Waals surface area contributed by atoms with Crippen LogP contribution in [-0.2, 0) is 11.2 Å². The number of carbonyl (C=O) groups is 1. The molecule has 0 unspecified atom stereocenters. The molecule has 1 amide bonds. The summed E-state index contributed by atoms with van der Waals surface area (Å²) in [5.41, 5.74) is 3.95. The number of hydrogen-bond acceptors (Lipinski definition) is 5. The van der Waals surface area contributed by atoms with Crippen LogP contribution in [0.5, 0.6) is 0 Å². The molecule has 6 nitrogen and oxygen atoms in total. The van der Waals surface area contributed by atoms with Gasteiger partial charge in [-0.3, -0.25) is 9.69 Å². The summed E-state index contributed by atoms with van der Waals surface area (Å²) >= 11 is 0. The van der Waals surface area contributed by atoms with E-state index in [-0.39, 0.29) is 12.3 Å². The maximum atomic E-state index is 12.6. The van der Waals surface area contributed by atoms with E-state index in [0.717, 1.165) is 47.0 Å². The fourth-order valence-corrected chi connectivity index (χ4v) is 4.67. The second-order valence-electron chi connectivity index (χ2n) is 8.09. The molecule has 1 saturated heterocycles. The molecule has 0 saturated carbocycles. The van der Waals surface area contributed by atoms with Crippen molar-refractivity contribution in [3.8, 4) is 0 Å². The van der Waals surface area contributed by atoms with E-state index in [0.29, 0.717) is 29.3 Å². The van der Waals surface area contributed by atoms with Gasteiger partial charge in [0.05, 0.1) is 23.6 Å². The quantitative estimate of drug-likeness (QED) is 0.667. The number of likely N-dealkylation sites (N-methyl/N-ethyl adjacent to an activating group) is 1. The first-order valence-corrected chi connectivity index (χ1v) is 10.3. The number of nitrogens with one attached hydrogen (secondary N) is 1. The van der Waals surface area contributed by atoms with Gasteiger partial charge in [0.2, 0.25) is 5.91 Å². The molecule has 0 aliphatic carbocycles. The highest BCUT2D eigenvalue weighted by Gasteiger charge is 2.24. The summed E-state index contributed by atoms with van der Waals surface area (Å²) in [6, 6.07) is 2.25. The zero-order valence-electron chi connectivity index (χ0n) is 17.6. The molecule has 29 heavy (non-hydrogen) atoms. The Bertz CT molecular complexity index is 1140. The van der Waals surface area contributed by atoms with Gasteiger partial charge >= 0.3 is 5.63 Å². The first kappa shape index (κ1) is 19.7. The third kappa shape index (κ3) is 3.46. The van der Waals surface area contributed by atoms with E-state index in [1.165, 1.54) is 6.42 Å². The van der Waals surface area contributed by atoms with Crippen LogP contribution in [0.1, 0.15) is 42.0 Å². The number of carbonyl (C=O) groups excluding carboxylic acids is 1. The molecule has 2 aromatic heterocycles. The maximum absolute atomic E-state index is 12.6. The molecule has 1 aromatic carbocycles. The van der Waals surface area contributed by atoms with Gasteiger partial charge in [0.15, 0.2) is 0 Å². The number of likely N-dealkylation sites (tertiary alicyclic amines) is 1. The van der Waals surface area contributed by atoms with Crippen LogP contribution in [0.2, 0.25) is 0 Å². The summed E-state index contributed by atoms with van der Waals surface area (Å²) < 4.78 is 11.4. The van der Waals surface area contributed by atoms with Crippen molar-refractivity contribution in [2.75, 3.05) is 19.6 Å². The minimum absolute atomic E-state index is 0.0119. The summed E-state index contributed by atoms with van der Waals surface area (Å²) in [5.74, 6) is -0.151. The summed E-state index contributed by atoms with van der Waals surface area (Å²) in [6.45, 7) is 10.7. The summed E-state index contributed by atoms with van der Waals surface area (Å²) in [6.07, 6.45) is 3.99. The van der Waals surface area contributed by atoms with Crippen molar-refractivity contribution < 1.29 is 13.6 Å². The minimum Gasteiger partial charge on any atom is -0.463 e. The molecule has 6 heteroatoms. The third-order valence-corrected chi connectivity index (χ3v) is 6.24. The van der Waals surface area contributed by atoms with E-state index in [2.05, 4.69) is 17.1 Å². The molecule has 3 heterocycles. The molecule has 154 valence electrons. The van der Waals surface area contributed by atoms with Crippen LogP contribution in [0.4, 0.5) is 0 Å². The first-order valence-electron chi connectivity index (χ1n) is 10.3. The normalized spacial score (nSPS) is 17.4. The summed E-state index contributed by atoms with van der Waals surface area (Å²) in [5, 5.41) is 4.81. The van der Waals surface area contributed by atoms with Crippen LogP contribution in [0.3, 0.4) is 0 Å². The van der Waals surface area contributed by atoms with Crippen LogP contribution in [0.25, 0.3) is 21.9 Å². The monoisotopic (exact) mass is 396 g/mol. The van der Waals surface area contributed by atoms with Crippen molar-refractivity contribution in [3.63, 3.8) is 0 Å². The molecule has 0 radical (unpaired) electrons. The highest BCUT2D eigenvalue weighted by Crippen LogP contribution is 2.34. The lowest BCUT2D eigenvalue weighted by molar-refractivity contribution is -0.120. The lowest BCUT2D eigenvalue weighted by Crippen LogP contribution is -2.40. The Labute approximate surface area is 169 Å². The Hall–Kier alpha value is -2.60. The van der Waals surface area contributed by atoms with E-state index in [4.69, 9.17) is 8.83 Å². The molecule has 1 N–H and O–H groups in total. The third-order valence-electron chi connectivity index (χ3n) is 6.24. The standard InChI is InChI=1S/C23H28N2O4/c1-5-25-8-6-7-16(25)11-24-19(26)10-17-15(4)21-18(29-23(17)27)9-13(2)20-14(3)12-28-22(20)21/h9,12,16H,5-8,10-11H2,1-4H3,(H,24,26)/t16-/m1/s1. The van der Waals surface area contributed by atoms with E-state index in [1.807, 2.05) is 26.8 Å². The maximum Gasteiger partial charge on any atom is 0.340 e. The van der Waals surface area contributed by atoms with Crippen molar-refractivity contribution in [2.45, 2.75) is 53.0 Å². The topological polar surface area (TPSA) is 75.7 Å². The van der Waals surface area contributed by atoms with Crippen molar-refractivity contribution in [1.29, 1.82) is 0 Å². The van der Waals surface area contributed by atoms with E-state index < -0.39 is 5.63 Å². The number of aryl methyl sites for hydroxylation is 3. The molecule has 1 fully saturated rings. The van der Waals surface area contributed by atoms with Crippen LogP contribution < -0.4 is 10.9 Å². The minimum atomic E-state index is -0.455. The van der Waals surface area contributed by atoms with Crippen LogP contribution in [-0.4, -0.2) is 36.5 Å². The predicted octanol–water partition coefficient (Wildman–Crippen LogP) is 3.61. The Morgan fingerprint density at radius 3 is 2.79 bits per heavy atom. The number of hydrogen-bond donors (Lipinski definition) is 1. The number of amides is 1. The summed E-state index contributed by atoms with van der Waals surface area (Å²) in [7, 11) is 0. The Kier molecular flexibility index (Phi) is 5.21. The second kappa shape index (κ2) is 7.67. The average Bonchev–Trinajstić information content (AvgIpc) is 3.29. The summed E-state index contributed by atoms with van der Waals surface area (Å²) in [4.78, 5) is 27.6. The lowest BCUT2D eigenvalue weighted by atomic mass is 9.98. The average molecular weight is 396 g/mol. The van der Waals surface area contributed by atoms with E-state index in [9.17, 15) is 9.59 Å². The largest absolute Gasteiger partial charge is 0.463 e. The predicted molar refractivity (Wildman–Crippen MR) is 113 cm³/mol. The number of fused-ring (bicyclic) bond motifs is 3. The van der Waals surface area contributed by atoms with Gasteiger partial charge in [-0.25, -0.2) is 4.79 Å². The molecule has 3 aromatic rings. The van der Waals surface area contributed by atoms with Crippen molar-refractivity contribution >= 4 is 27.8 Å². The number of rotatable bonds is 5. The smallest absolute Gasteiger partial charge is 0.340 e. The van der Waals surface area contributed by atoms with Crippen molar-refractivity contribution in [1.82, 2.24) is 10.2 Å². The highest BCUT2D eigenvalue weighted by molar-refractivity contribution is 6.07. The molecular weight excluding hydrogens is 368 g/mol. The van der Waals surface area contributed by atoms with Crippen molar-refractivity contribution in [2.24, 2.45) is 0 Å². The van der Waals surface area contributed by atoms with Gasteiger partial charge in [0.1, 0.15) is 11.2 Å². The van der Waals surface area contributed by atoms with Crippen LogP contribution >= 0.6 is 0 Å². The lowest BCUT2D eigenvalue weighted by Gasteiger charge is -2.22. The number of nitrogens with zero attached hydrogens (tertiary/aromatic N) is 1. The van der Waals surface area contributed by atoms with Gasteiger partial charge in [-0.05, 0) is 69.5 Å². The van der Waals surface area contributed by atoms with Crippen LogP contribution in [0.15, 0.2) is 26.0 Å². The Balaban J connectivity index is 1.63. The molecule has 1 atom stereocenters. The van der Waals surface area contributed by atoms with Crippen molar-refractivity contribution in [3.05, 3.63) is 45.0 Å². The van der Waals surface area contributed by atoms with Gasteiger partial charge in [-0.1, -0.05) is 6.92 Å². The van der Waals surface area contributed by atoms with Gasteiger partial charge in [-0.15, -0.1) is 0 Å². The zero-order valence-corrected chi connectivity index (χ0v) is 17.6. The van der Waals surface area contributed by atoms with Gasteiger partial charge in [0, 0.05) is 18.0 Å². The highest BCUT2D eigenvalue weighted by atomic mass is 16.4. The van der Waals surface area contributed by atoms with E-state index >= 15 is 0 Å². The Morgan fingerprint density at radius 1 is 1.24 bits per heavy atom.